The molecule has 0 spiro atoms. The average molecular weight is 342 g/mol. The number of carbonyl (C=O) groups excluding carboxylic acids is 1. The van der Waals surface area contributed by atoms with Gasteiger partial charge in [-0.2, -0.15) is 0 Å². The lowest BCUT2D eigenvalue weighted by Gasteiger charge is -2.09. The van der Waals surface area contributed by atoms with Crippen LogP contribution in [-0.2, 0) is 4.79 Å². The number of ether oxygens (including phenoxy) is 1. The number of methoxy groups -OCH3 is 1. The number of nitrogen functional groups attached to an aromatic ring is 1. The van der Waals surface area contributed by atoms with Crippen LogP contribution in [0.1, 0.15) is 0 Å². The summed E-state index contributed by atoms with van der Waals surface area (Å²) in [7, 11) is 1.56. The maximum Gasteiger partial charge on any atom is 0.234 e. The molecule has 1 amide bonds. The molecule has 0 fully saturated rings. The molecule has 21 heavy (non-hydrogen) atoms. The lowest BCUT2D eigenvalue weighted by atomic mass is 10.2. The van der Waals surface area contributed by atoms with E-state index in [1.54, 1.807) is 25.3 Å². The zero-order valence-electron chi connectivity index (χ0n) is 11.5. The molecular formula is C12H14N4O2S3. The number of aromatic nitrogens is 2. The maximum absolute atomic E-state index is 11.9. The first-order valence-electron chi connectivity index (χ1n) is 5.86. The van der Waals surface area contributed by atoms with Crippen LogP contribution >= 0.6 is 34.9 Å². The van der Waals surface area contributed by atoms with Crippen molar-refractivity contribution in [1.29, 1.82) is 0 Å². The van der Waals surface area contributed by atoms with Gasteiger partial charge < -0.3 is 15.8 Å². The van der Waals surface area contributed by atoms with Gasteiger partial charge in [-0.3, -0.25) is 4.79 Å². The zero-order chi connectivity index (χ0) is 15.2. The predicted molar refractivity (Wildman–Crippen MR) is 88.5 cm³/mol. The molecule has 2 aromatic rings. The fourth-order valence-electron chi connectivity index (χ4n) is 1.43. The average Bonchev–Trinajstić information content (AvgIpc) is 2.95. The smallest absolute Gasteiger partial charge is 0.234 e. The number of hydrogen-bond donors (Lipinski definition) is 2. The van der Waals surface area contributed by atoms with Crippen molar-refractivity contribution in [2.45, 2.75) is 8.68 Å². The predicted octanol–water partition coefficient (Wildman–Crippen LogP) is 2.58. The van der Waals surface area contributed by atoms with Crippen LogP contribution in [0.4, 0.5) is 11.4 Å². The van der Waals surface area contributed by atoms with Crippen LogP contribution in [0.3, 0.4) is 0 Å². The molecule has 9 heteroatoms. The molecule has 112 valence electrons. The number of nitrogens with two attached hydrogens (primary N) is 1. The lowest BCUT2D eigenvalue weighted by Crippen LogP contribution is -2.15. The van der Waals surface area contributed by atoms with E-state index in [-0.39, 0.29) is 11.7 Å². The summed E-state index contributed by atoms with van der Waals surface area (Å²) in [6.07, 6.45) is 1.94. The molecule has 0 aliphatic carbocycles. The van der Waals surface area contributed by atoms with Gasteiger partial charge in [0, 0.05) is 6.07 Å². The van der Waals surface area contributed by atoms with Crippen molar-refractivity contribution in [1.82, 2.24) is 10.2 Å². The summed E-state index contributed by atoms with van der Waals surface area (Å²) in [5.74, 6) is 0.769. The first-order chi connectivity index (χ1) is 10.1. The lowest BCUT2D eigenvalue weighted by molar-refractivity contribution is -0.113. The molecule has 0 aliphatic heterocycles. The Hall–Kier alpha value is -1.45. The third-order valence-corrected chi connectivity index (χ3v) is 5.45. The maximum atomic E-state index is 11.9. The molecule has 0 aliphatic rings. The van der Waals surface area contributed by atoms with Gasteiger partial charge in [-0.05, 0) is 18.4 Å². The number of thioether (sulfide) groups is 2. The fourth-order valence-corrected chi connectivity index (χ4v) is 3.67. The number of amides is 1. The van der Waals surface area contributed by atoms with Crippen molar-refractivity contribution in [3.63, 3.8) is 0 Å². The Morgan fingerprint density at radius 3 is 2.81 bits per heavy atom. The van der Waals surface area contributed by atoms with E-state index in [4.69, 9.17) is 10.5 Å². The summed E-state index contributed by atoms with van der Waals surface area (Å²) in [6, 6.07) is 5.13. The zero-order valence-corrected chi connectivity index (χ0v) is 13.9. The van der Waals surface area contributed by atoms with Gasteiger partial charge in [0.1, 0.15) is 5.75 Å². The number of benzene rings is 1. The molecule has 0 bridgehead atoms. The van der Waals surface area contributed by atoms with E-state index in [9.17, 15) is 4.79 Å². The first-order valence-corrected chi connectivity index (χ1v) is 8.88. The van der Waals surface area contributed by atoms with Crippen LogP contribution in [0.25, 0.3) is 0 Å². The summed E-state index contributed by atoms with van der Waals surface area (Å²) in [5.41, 5.74) is 6.89. The van der Waals surface area contributed by atoms with Crippen LogP contribution in [0, 0.1) is 0 Å². The minimum atomic E-state index is -0.141. The molecular weight excluding hydrogens is 328 g/mol. The number of nitrogens with zero attached hydrogens (tertiary/aromatic N) is 2. The quantitative estimate of drug-likeness (QED) is 0.616. The van der Waals surface area contributed by atoms with Crippen LogP contribution in [0.15, 0.2) is 26.9 Å². The summed E-state index contributed by atoms with van der Waals surface area (Å²) in [5, 5.41) is 10.7. The van der Waals surface area contributed by atoms with Gasteiger partial charge in [0.15, 0.2) is 8.68 Å². The van der Waals surface area contributed by atoms with Gasteiger partial charge in [0.25, 0.3) is 0 Å². The van der Waals surface area contributed by atoms with Gasteiger partial charge in [0.05, 0.1) is 24.2 Å². The molecule has 3 N–H and O–H groups in total. The second-order valence-corrected chi connectivity index (χ2v) is 7.08. The first kappa shape index (κ1) is 15.9. The molecule has 0 saturated carbocycles. The summed E-state index contributed by atoms with van der Waals surface area (Å²) >= 11 is 4.36. The molecule has 1 aromatic carbocycles. The molecule has 1 aromatic heterocycles. The van der Waals surface area contributed by atoms with Gasteiger partial charge >= 0.3 is 0 Å². The molecule has 6 nitrogen and oxygen atoms in total. The Morgan fingerprint density at radius 2 is 2.19 bits per heavy atom. The highest BCUT2D eigenvalue weighted by Gasteiger charge is 2.09. The Balaban J connectivity index is 1.89. The summed E-state index contributed by atoms with van der Waals surface area (Å²) in [4.78, 5) is 11.9. The molecule has 0 saturated heterocycles. The minimum absolute atomic E-state index is 0.141. The SMILES string of the molecule is COc1ccc(NC(=O)CSc2nnc(SC)s2)c(N)c1. The van der Waals surface area contributed by atoms with Crippen LogP contribution < -0.4 is 15.8 Å². The second-order valence-electron chi connectivity index (χ2n) is 3.83. The number of hydrogen-bond acceptors (Lipinski definition) is 8. The van der Waals surface area contributed by atoms with Gasteiger partial charge in [-0.15, -0.1) is 10.2 Å². The normalized spacial score (nSPS) is 10.4. The highest BCUT2D eigenvalue weighted by atomic mass is 32.2. The standard InChI is InChI=1S/C12H14N4O2S3/c1-18-7-3-4-9(8(13)5-7)14-10(17)6-20-12-16-15-11(19-2)21-12/h3-5H,6,13H2,1-2H3,(H,14,17). The molecule has 0 atom stereocenters. The van der Waals surface area contributed by atoms with E-state index in [1.165, 1.54) is 34.9 Å². The number of nitrogens with one attached hydrogen (secondary N) is 1. The third kappa shape index (κ3) is 4.51. The van der Waals surface area contributed by atoms with Crippen molar-refractivity contribution in [3.8, 4) is 5.75 Å². The Bertz CT molecular complexity index is 633. The van der Waals surface area contributed by atoms with E-state index in [1.807, 2.05) is 6.26 Å². The number of anilines is 2. The summed E-state index contributed by atoms with van der Waals surface area (Å²) < 4.78 is 6.72. The van der Waals surface area contributed by atoms with Crippen molar-refractivity contribution >= 4 is 52.1 Å². The number of carbonyl (C=O) groups is 1. The molecule has 2 rings (SSSR count). The minimum Gasteiger partial charge on any atom is -0.497 e. The van der Waals surface area contributed by atoms with Gasteiger partial charge in [0.2, 0.25) is 5.91 Å². The molecule has 0 unspecified atom stereocenters. The van der Waals surface area contributed by atoms with E-state index < -0.39 is 0 Å². The van der Waals surface area contributed by atoms with Gasteiger partial charge in [-0.1, -0.05) is 34.9 Å². The fraction of sp³-hybridized carbons (Fsp3) is 0.250. The second kappa shape index (κ2) is 7.53. The van der Waals surface area contributed by atoms with E-state index in [0.717, 1.165) is 8.68 Å². The van der Waals surface area contributed by atoms with E-state index in [0.29, 0.717) is 17.1 Å². The van der Waals surface area contributed by atoms with E-state index >= 15 is 0 Å². The van der Waals surface area contributed by atoms with Crippen molar-refractivity contribution < 1.29 is 9.53 Å². The van der Waals surface area contributed by atoms with Crippen LogP contribution in [0.2, 0.25) is 0 Å². The molecule has 1 heterocycles. The van der Waals surface area contributed by atoms with Crippen molar-refractivity contribution in [2.24, 2.45) is 0 Å². The highest BCUT2D eigenvalue weighted by Crippen LogP contribution is 2.28. The monoisotopic (exact) mass is 342 g/mol. The third-order valence-electron chi connectivity index (χ3n) is 2.42. The molecule has 0 radical (unpaired) electrons. The Kier molecular flexibility index (Phi) is 5.71. The van der Waals surface area contributed by atoms with Crippen LogP contribution in [-0.4, -0.2) is 35.2 Å². The Labute approximate surface area is 134 Å². The highest BCUT2D eigenvalue weighted by molar-refractivity contribution is 8.03. The largest absolute Gasteiger partial charge is 0.497 e. The Morgan fingerprint density at radius 1 is 1.43 bits per heavy atom. The van der Waals surface area contributed by atoms with Crippen LogP contribution in [0.5, 0.6) is 5.75 Å². The van der Waals surface area contributed by atoms with Crippen molar-refractivity contribution in [2.75, 3.05) is 30.2 Å². The number of rotatable bonds is 6. The van der Waals surface area contributed by atoms with E-state index in [2.05, 4.69) is 15.5 Å². The van der Waals surface area contributed by atoms with Gasteiger partial charge in [-0.25, -0.2) is 0 Å². The topological polar surface area (TPSA) is 90.1 Å². The summed E-state index contributed by atoms with van der Waals surface area (Å²) in [6.45, 7) is 0. The van der Waals surface area contributed by atoms with Crippen molar-refractivity contribution in [3.05, 3.63) is 18.2 Å².